The Morgan fingerprint density at radius 2 is 1.94 bits per heavy atom. The van der Waals surface area contributed by atoms with E-state index < -0.39 is 50.5 Å². The normalized spacial score (nSPS) is 14.1. The van der Waals surface area contributed by atoms with Crippen molar-refractivity contribution in [3.05, 3.63) is 65.8 Å². The minimum atomic E-state index is -4.07. The maximum absolute atomic E-state index is 14.9. The molecule has 0 spiro atoms. The van der Waals surface area contributed by atoms with E-state index in [9.17, 15) is 26.4 Å². The molecule has 1 fully saturated rings. The van der Waals surface area contributed by atoms with Crippen LogP contribution < -0.4 is 4.74 Å². The van der Waals surface area contributed by atoms with Crippen molar-refractivity contribution in [3.63, 3.8) is 0 Å². The number of benzene rings is 1. The van der Waals surface area contributed by atoms with Gasteiger partial charge in [-0.1, -0.05) is 12.1 Å². The summed E-state index contributed by atoms with van der Waals surface area (Å²) in [5.74, 6) is -7.17. The molecule has 0 radical (unpaired) electrons. The van der Waals surface area contributed by atoms with Gasteiger partial charge in [0.25, 0.3) is 0 Å². The molecule has 4 rings (SSSR count). The first-order valence-corrected chi connectivity index (χ1v) is 12.5. The molecular weight excluding hydrogens is 485 g/mol. The summed E-state index contributed by atoms with van der Waals surface area (Å²) < 4.78 is 73.9. The maximum atomic E-state index is 14.9. The van der Waals surface area contributed by atoms with Crippen molar-refractivity contribution >= 4 is 15.6 Å². The average Bonchev–Trinajstić information content (AvgIpc) is 3.67. The molecule has 184 valence electrons. The van der Waals surface area contributed by atoms with Crippen LogP contribution in [0, 0.1) is 5.82 Å². The fourth-order valence-corrected chi connectivity index (χ4v) is 4.94. The van der Waals surface area contributed by atoms with Crippen molar-refractivity contribution in [1.82, 2.24) is 19.9 Å². The molecule has 1 aromatic carbocycles. The molecular formula is C23H21F3N4O4S. The number of halogens is 3. The van der Waals surface area contributed by atoms with Crippen molar-refractivity contribution in [2.45, 2.75) is 43.1 Å². The number of ketones is 1. The zero-order valence-electron chi connectivity index (χ0n) is 18.6. The summed E-state index contributed by atoms with van der Waals surface area (Å²) in [7, 11) is -3.53. The van der Waals surface area contributed by atoms with Gasteiger partial charge in [0, 0.05) is 18.2 Å². The van der Waals surface area contributed by atoms with Gasteiger partial charge in [-0.25, -0.2) is 27.8 Å². The number of alkyl halides is 2. The van der Waals surface area contributed by atoms with Crippen LogP contribution in [0.2, 0.25) is 0 Å². The smallest absolute Gasteiger partial charge is 0.347 e. The number of carbonyl (C=O) groups excluding carboxylic acids is 1. The molecule has 1 aliphatic rings. The monoisotopic (exact) mass is 506 g/mol. The quantitative estimate of drug-likeness (QED) is 0.411. The first-order valence-electron chi connectivity index (χ1n) is 10.8. The molecule has 0 unspecified atom stereocenters. The van der Waals surface area contributed by atoms with E-state index >= 15 is 0 Å². The SMILES string of the molecule is CCOc1cncc(-c2ccc(CC(=O)C(F)(F)c3ccnc(CS(=O)(=O)C4CC4)n3)c(F)c2)n1. The van der Waals surface area contributed by atoms with Crippen LogP contribution in [0.4, 0.5) is 13.2 Å². The van der Waals surface area contributed by atoms with Crippen molar-refractivity contribution in [3.8, 4) is 17.1 Å². The minimum Gasteiger partial charge on any atom is -0.477 e. The number of hydrogen-bond acceptors (Lipinski definition) is 8. The number of aromatic nitrogens is 4. The Bertz CT molecular complexity index is 1360. The highest BCUT2D eigenvalue weighted by Gasteiger charge is 2.43. The fraction of sp³-hybridized carbons (Fsp3) is 0.348. The van der Waals surface area contributed by atoms with Gasteiger partial charge < -0.3 is 4.74 Å². The predicted molar refractivity (Wildman–Crippen MR) is 119 cm³/mol. The lowest BCUT2D eigenvalue weighted by molar-refractivity contribution is -0.144. The maximum Gasteiger partial charge on any atom is 0.347 e. The largest absolute Gasteiger partial charge is 0.477 e. The standard InChI is InChI=1S/C23H21F3N4O4S/c1-2-34-22-12-27-11-18(29-22)15-4-3-14(17(24)9-15)10-20(31)23(25,26)19-7-8-28-21(30-19)13-35(32,33)16-5-6-16/h3-4,7-9,11-12,16H,2,5-6,10,13H2,1H3. The van der Waals surface area contributed by atoms with Gasteiger partial charge in [-0.15, -0.1) is 0 Å². The summed E-state index contributed by atoms with van der Waals surface area (Å²) in [5, 5.41) is -0.504. The van der Waals surface area contributed by atoms with E-state index in [0.717, 1.165) is 18.3 Å². The van der Waals surface area contributed by atoms with Crippen molar-refractivity contribution in [2.75, 3.05) is 6.61 Å². The van der Waals surface area contributed by atoms with Gasteiger partial charge in [-0.05, 0) is 37.5 Å². The fourth-order valence-electron chi connectivity index (χ4n) is 3.35. The van der Waals surface area contributed by atoms with Crippen molar-refractivity contribution < 1.29 is 31.1 Å². The molecule has 0 bridgehead atoms. The van der Waals surface area contributed by atoms with E-state index in [2.05, 4.69) is 19.9 Å². The van der Waals surface area contributed by atoms with Crippen LogP contribution in [0.25, 0.3) is 11.3 Å². The Labute approximate surface area is 199 Å². The van der Waals surface area contributed by atoms with Gasteiger partial charge in [0.15, 0.2) is 9.84 Å². The summed E-state index contributed by atoms with van der Waals surface area (Å²) in [4.78, 5) is 28.0. The number of ether oxygens (including phenoxy) is 1. The van der Waals surface area contributed by atoms with E-state index in [-0.39, 0.29) is 17.3 Å². The second-order valence-corrected chi connectivity index (χ2v) is 10.3. The van der Waals surface area contributed by atoms with Gasteiger partial charge in [-0.2, -0.15) is 8.78 Å². The van der Waals surface area contributed by atoms with Gasteiger partial charge >= 0.3 is 5.92 Å². The summed E-state index contributed by atoms with van der Waals surface area (Å²) in [6.07, 6.45) is 3.92. The molecule has 2 heterocycles. The third-order valence-corrected chi connectivity index (χ3v) is 7.49. The van der Waals surface area contributed by atoms with Crippen LogP contribution >= 0.6 is 0 Å². The Morgan fingerprint density at radius 1 is 1.17 bits per heavy atom. The zero-order valence-corrected chi connectivity index (χ0v) is 19.4. The molecule has 12 heteroatoms. The third kappa shape index (κ3) is 5.64. The van der Waals surface area contributed by atoms with Gasteiger partial charge in [0.05, 0.1) is 29.9 Å². The highest BCUT2D eigenvalue weighted by atomic mass is 32.2. The number of Topliss-reactive ketones (excluding diaryl/α,β-unsaturated/α-hetero) is 1. The first kappa shape index (κ1) is 24.7. The van der Waals surface area contributed by atoms with Crippen LogP contribution in [0.3, 0.4) is 0 Å². The first-order chi connectivity index (χ1) is 16.6. The van der Waals surface area contributed by atoms with E-state index in [1.54, 1.807) is 6.92 Å². The van der Waals surface area contributed by atoms with Gasteiger partial charge in [0.1, 0.15) is 23.1 Å². The number of carbonyl (C=O) groups is 1. The Hall–Kier alpha value is -3.41. The van der Waals surface area contributed by atoms with E-state index in [1.165, 1.54) is 24.5 Å². The second kappa shape index (κ2) is 9.68. The molecule has 2 aromatic heterocycles. The Kier molecular flexibility index (Phi) is 6.84. The molecule has 0 aliphatic heterocycles. The lowest BCUT2D eigenvalue weighted by atomic mass is 10.00. The molecule has 0 N–H and O–H groups in total. The molecule has 8 nitrogen and oxygen atoms in total. The number of rotatable bonds is 10. The third-order valence-electron chi connectivity index (χ3n) is 5.34. The highest BCUT2D eigenvalue weighted by Crippen LogP contribution is 2.32. The van der Waals surface area contributed by atoms with E-state index in [1.807, 2.05) is 0 Å². The second-order valence-electron chi connectivity index (χ2n) is 8.02. The molecule has 0 atom stereocenters. The van der Waals surface area contributed by atoms with E-state index in [4.69, 9.17) is 4.74 Å². The van der Waals surface area contributed by atoms with Crippen LogP contribution in [-0.2, 0) is 32.7 Å². The predicted octanol–water partition coefficient (Wildman–Crippen LogP) is 3.45. The van der Waals surface area contributed by atoms with Gasteiger partial charge in [-0.3, -0.25) is 9.78 Å². The lowest BCUT2D eigenvalue weighted by Gasteiger charge is -2.15. The molecule has 3 aromatic rings. The van der Waals surface area contributed by atoms with Crippen molar-refractivity contribution in [1.29, 1.82) is 0 Å². The molecule has 0 saturated heterocycles. The molecule has 1 aliphatic carbocycles. The van der Waals surface area contributed by atoms with Crippen molar-refractivity contribution in [2.24, 2.45) is 0 Å². The van der Waals surface area contributed by atoms with Gasteiger partial charge in [0.2, 0.25) is 11.7 Å². The van der Waals surface area contributed by atoms with Crippen LogP contribution in [0.15, 0.2) is 42.9 Å². The zero-order chi connectivity index (χ0) is 25.2. The van der Waals surface area contributed by atoms with Crippen LogP contribution in [-0.4, -0.2) is 46.0 Å². The number of sulfone groups is 1. The molecule has 0 amide bonds. The topological polar surface area (TPSA) is 112 Å². The summed E-state index contributed by atoms with van der Waals surface area (Å²) in [5.41, 5.74) is -0.527. The minimum absolute atomic E-state index is 0.238. The number of nitrogens with zero attached hydrogens (tertiary/aromatic N) is 4. The van der Waals surface area contributed by atoms with Crippen LogP contribution in [0.1, 0.15) is 36.8 Å². The molecule has 1 saturated carbocycles. The lowest BCUT2D eigenvalue weighted by Crippen LogP contribution is -2.29. The Morgan fingerprint density at radius 3 is 2.63 bits per heavy atom. The average molecular weight is 507 g/mol. The Balaban J connectivity index is 1.51. The summed E-state index contributed by atoms with van der Waals surface area (Å²) >= 11 is 0. The highest BCUT2D eigenvalue weighted by molar-refractivity contribution is 7.91. The summed E-state index contributed by atoms with van der Waals surface area (Å²) in [6.45, 7) is 2.14. The molecule has 35 heavy (non-hydrogen) atoms. The van der Waals surface area contributed by atoms with Crippen LogP contribution in [0.5, 0.6) is 5.88 Å². The summed E-state index contributed by atoms with van der Waals surface area (Å²) in [6, 6.07) is 4.58. The number of hydrogen-bond donors (Lipinski definition) is 0. The van der Waals surface area contributed by atoms with E-state index in [0.29, 0.717) is 30.7 Å².